The van der Waals surface area contributed by atoms with Gasteiger partial charge in [0.2, 0.25) is 0 Å². The maximum atomic E-state index is 11.1. The summed E-state index contributed by atoms with van der Waals surface area (Å²) < 4.78 is 22.2. The lowest BCUT2D eigenvalue weighted by Crippen LogP contribution is -2.05. The van der Waals surface area contributed by atoms with E-state index in [0.29, 0.717) is 11.4 Å². The zero-order valence-electron chi connectivity index (χ0n) is 9.96. The van der Waals surface area contributed by atoms with Crippen LogP contribution in [0.4, 0.5) is 5.69 Å². The molecule has 0 atom stereocenters. The van der Waals surface area contributed by atoms with E-state index in [4.69, 9.17) is 5.73 Å². The van der Waals surface area contributed by atoms with E-state index in [9.17, 15) is 8.42 Å². The van der Waals surface area contributed by atoms with Crippen molar-refractivity contribution >= 4 is 38.2 Å². The van der Waals surface area contributed by atoms with Gasteiger partial charge in [0.1, 0.15) is 9.84 Å². The van der Waals surface area contributed by atoms with Gasteiger partial charge >= 0.3 is 0 Å². The van der Waals surface area contributed by atoms with Crippen molar-refractivity contribution in [3.8, 4) is 0 Å². The highest BCUT2D eigenvalue weighted by Gasteiger charge is 2.09. The van der Waals surface area contributed by atoms with Crippen LogP contribution in [0.2, 0.25) is 0 Å². The molecule has 0 radical (unpaired) electrons. The van der Waals surface area contributed by atoms with Crippen LogP contribution < -0.4 is 5.73 Å². The van der Waals surface area contributed by atoms with Crippen LogP contribution in [-0.4, -0.2) is 31.2 Å². The number of fused-ring (bicyclic) bond motifs is 1. The summed E-state index contributed by atoms with van der Waals surface area (Å²) in [5, 5.41) is 0.969. The lowest BCUT2D eigenvalue weighted by molar-refractivity contribution is 0.603. The van der Waals surface area contributed by atoms with Crippen molar-refractivity contribution in [3.63, 3.8) is 0 Å². The Labute approximate surface area is 111 Å². The number of pyridine rings is 1. The average molecular weight is 282 g/mol. The average Bonchev–Trinajstić information content (AvgIpc) is 2.31. The molecule has 0 spiro atoms. The van der Waals surface area contributed by atoms with Crippen molar-refractivity contribution in [1.82, 2.24) is 4.98 Å². The highest BCUT2D eigenvalue weighted by molar-refractivity contribution is 8.01. The van der Waals surface area contributed by atoms with E-state index in [0.717, 1.165) is 15.8 Å². The minimum atomic E-state index is -2.94. The Kier molecular flexibility index (Phi) is 3.77. The molecular weight excluding hydrogens is 268 g/mol. The fraction of sp³-hybridized carbons (Fsp3) is 0.250. The smallest absolute Gasteiger partial charge is 0.148 e. The number of thioether (sulfide) groups is 1. The van der Waals surface area contributed by atoms with Crippen LogP contribution in [-0.2, 0) is 9.84 Å². The van der Waals surface area contributed by atoms with Crippen LogP contribution in [0.25, 0.3) is 10.9 Å². The second-order valence-corrected chi connectivity index (χ2v) is 7.40. The van der Waals surface area contributed by atoms with E-state index < -0.39 is 9.84 Å². The van der Waals surface area contributed by atoms with Gasteiger partial charge in [-0.3, -0.25) is 4.98 Å². The van der Waals surface area contributed by atoms with Crippen molar-refractivity contribution in [2.24, 2.45) is 0 Å². The molecule has 2 rings (SSSR count). The molecule has 0 aliphatic heterocycles. The van der Waals surface area contributed by atoms with E-state index in [2.05, 4.69) is 4.98 Å². The second kappa shape index (κ2) is 5.16. The van der Waals surface area contributed by atoms with E-state index >= 15 is 0 Å². The molecule has 0 bridgehead atoms. The normalized spacial score (nSPS) is 11.8. The fourth-order valence-electron chi connectivity index (χ4n) is 1.59. The van der Waals surface area contributed by atoms with Crippen LogP contribution in [0.1, 0.15) is 0 Å². The molecular formula is C12H14N2O2S2. The highest BCUT2D eigenvalue weighted by atomic mass is 32.2. The monoisotopic (exact) mass is 282 g/mol. The van der Waals surface area contributed by atoms with E-state index in [1.807, 2.05) is 24.3 Å². The Hall–Kier alpha value is -1.27. The van der Waals surface area contributed by atoms with Crippen molar-refractivity contribution in [2.45, 2.75) is 4.90 Å². The molecule has 0 unspecified atom stereocenters. The lowest BCUT2D eigenvalue weighted by atomic mass is 10.2. The van der Waals surface area contributed by atoms with Gasteiger partial charge in [0.05, 0.1) is 23.2 Å². The predicted octanol–water partition coefficient (Wildman–Crippen LogP) is 1.95. The molecule has 4 nitrogen and oxygen atoms in total. The van der Waals surface area contributed by atoms with Crippen molar-refractivity contribution < 1.29 is 8.42 Å². The van der Waals surface area contributed by atoms with E-state index in [-0.39, 0.29) is 5.75 Å². The first-order valence-electron chi connectivity index (χ1n) is 5.41. The van der Waals surface area contributed by atoms with Crippen molar-refractivity contribution in [3.05, 3.63) is 30.5 Å². The Bertz CT molecular complexity index is 669. The van der Waals surface area contributed by atoms with Gasteiger partial charge in [-0.15, -0.1) is 11.8 Å². The first kappa shape index (κ1) is 13.2. The number of anilines is 1. The number of para-hydroxylation sites is 1. The highest BCUT2D eigenvalue weighted by Crippen LogP contribution is 2.31. The molecule has 0 aliphatic rings. The van der Waals surface area contributed by atoms with E-state index in [1.54, 1.807) is 6.20 Å². The Morgan fingerprint density at radius 2 is 2.06 bits per heavy atom. The third-order valence-corrected chi connectivity index (χ3v) is 4.81. The molecule has 0 saturated heterocycles. The Morgan fingerprint density at radius 1 is 1.33 bits per heavy atom. The van der Waals surface area contributed by atoms with Crippen LogP contribution in [0, 0.1) is 0 Å². The summed E-state index contributed by atoms with van der Waals surface area (Å²) in [6, 6.07) is 7.69. The summed E-state index contributed by atoms with van der Waals surface area (Å²) in [7, 11) is -2.94. The number of nitrogens with zero attached hydrogens (tertiary/aromatic N) is 1. The van der Waals surface area contributed by atoms with Gasteiger partial charge in [-0.1, -0.05) is 18.2 Å². The number of rotatable bonds is 4. The number of hydrogen-bond acceptors (Lipinski definition) is 5. The number of sulfone groups is 1. The number of hydrogen-bond donors (Lipinski definition) is 1. The summed E-state index contributed by atoms with van der Waals surface area (Å²) in [5.74, 6) is 0.644. The molecule has 2 N–H and O–H groups in total. The zero-order valence-corrected chi connectivity index (χ0v) is 11.6. The molecule has 96 valence electrons. The number of nitrogens with two attached hydrogens (primary N) is 1. The van der Waals surface area contributed by atoms with Gasteiger partial charge in [-0.05, 0) is 6.07 Å². The standard InChI is InChI=1S/C12H14N2O2S2/c1-18(15,16)7-6-17-12-9-4-2-3-5-11(9)14-8-10(12)13/h2-5,8H,6-7,13H2,1H3. The van der Waals surface area contributed by atoms with Gasteiger partial charge < -0.3 is 5.73 Å². The van der Waals surface area contributed by atoms with E-state index in [1.165, 1.54) is 18.0 Å². The molecule has 18 heavy (non-hydrogen) atoms. The van der Waals surface area contributed by atoms with Crippen molar-refractivity contribution in [1.29, 1.82) is 0 Å². The maximum Gasteiger partial charge on any atom is 0.148 e. The molecule has 1 aromatic carbocycles. The Morgan fingerprint density at radius 3 is 2.78 bits per heavy atom. The van der Waals surface area contributed by atoms with Crippen LogP contribution in [0.15, 0.2) is 35.4 Å². The van der Waals surface area contributed by atoms with Gasteiger partial charge in [-0.2, -0.15) is 0 Å². The SMILES string of the molecule is CS(=O)(=O)CCSc1c(N)cnc2ccccc12. The summed E-state index contributed by atoms with van der Waals surface area (Å²) >= 11 is 1.46. The molecule has 0 saturated carbocycles. The number of aromatic nitrogens is 1. The van der Waals surface area contributed by atoms with Crippen molar-refractivity contribution in [2.75, 3.05) is 23.5 Å². The summed E-state index contributed by atoms with van der Waals surface area (Å²) in [4.78, 5) is 5.15. The summed E-state index contributed by atoms with van der Waals surface area (Å²) in [6.07, 6.45) is 2.85. The quantitative estimate of drug-likeness (QED) is 0.868. The summed E-state index contributed by atoms with van der Waals surface area (Å²) in [5.41, 5.74) is 7.36. The predicted molar refractivity (Wildman–Crippen MR) is 76.6 cm³/mol. The van der Waals surface area contributed by atoms with Gasteiger partial charge in [0.25, 0.3) is 0 Å². The minimum Gasteiger partial charge on any atom is -0.397 e. The maximum absolute atomic E-state index is 11.1. The molecule has 1 heterocycles. The second-order valence-electron chi connectivity index (χ2n) is 4.04. The lowest BCUT2D eigenvalue weighted by Gasteiger charge is -2.08. The van der Waals surface area contributed by atoms with Gasteiger partial charge in [-0.25, -0.2) is 8.42 Å². The molecule has 6 heteroatoms. The summed E-state index contributed by atoms with van der Waals surface area (Å²) in [6.45, 7) is 0. The molecule has 0 amide bonds. The first-order chi connectivity index (χ1) is 8.47. The largest absolute Gasteiger partial charge is 0.397 e. The van der Waals surface area contributed by atoms with Crippen LogP contribution in [0.3, 0.4) is 0 Å². The first-order valence-corrected chi connectivity index (χ1v) is 8.46. The third kappa shape index (κ3) is 3.14. The fourth-order valence-corrected chi connectivity index (χ4v) is 3.88. The third-order valence-electron chi connectivity index (χ3n) is 2.45. The molecule has 0 fully saturated rings. The zero-order chi connectivity index (χ0) is 13.2. The molecule has 2 aromatic rings. The van der Waals surface area contributed by atoms with Crippen LogP contribution >= 0.6 is 11.8 Å². The van der Waals surface area contributed by atoms with Crippen LogP contribution in [0.5, 0.6) is 0 Å². The number of benzene rings is 1. The topological polar surface area (TPSA) is 73.0 Å². The Balaban J connectivity index is 2.29. The van der Waals surface area contributed by atoms with Gasteiger partial charge in [0.15, 0.2) is 0 Å². The molecule has 1 aromatic heterocycles. The minimum absolute atomic E-state index is 0.147. The van der Waals surface area contributed by atoms with Gasteiger partial charge in [0, 0.05) is 22.3 Å². The number of nitrogen functional groups attached to an aromatic ring is 1. The molecule has 0 aliphatic carbocycles.